The number of carbonyl (C=O) groups is 2. The van der Waals surface area contributed by atoms with E-state index in [-0.39, 0.29) is 16.7 Å². The van der Waals surface area contributed by atoms with Crippen LogP contribution in [0.2, 0.25) is 0 Å². The minimum absolute atomic E-state index is 0.0273. The minimum Gasteiger partial charge on any atom is -0.506 e. The van der Waals surface area contributed by atoms with Gasteiger partial charge in [0.25, 0.3) is 5.91 Å². The summed E-state index contributed by atoms with van der Waals surface area (Å²) in [6, 6.07) is 11.0. The summed E-state index contributed by atoms with van der Waals surface area (Å²) < 4.78 is 13.8. The van der Waals surface area contributed by atoms with Crippen LogP contribution in [0.25, 0.3) is 10.4 Å². The molecule has 0 radical (unpaired) electrons. The second-order valence-corrected chi connectivity index (χ2v) is 9.17. The lowest BCUT2D eigenvalue weighted by Crippen LogP contribution is -2.19. The molecule has 3 aromatic rings. The maximum absolute atomic E-state index is 13.8. The molecule has 1 aromatic heterocycles. The van der Waals surface area contributed by atoms with Crippen molar-refractivity contribution in [3.8, 4) is 16.2 Å². The van der Waals surface area contributed by atoms with E-state index in [1.165, 1.54) is 23.0 Å². The Hall–Kier alpha value is -3.52. The van der Waals surface area contributed by atoms with Crippen molar-refractivity contribution in [1.29, 1.82) is 0 Å². The Morgan fingerprint density at radius 1 is 1.06 bits per heavy atom. The standard InChI is InChI=1S/C24H23FN2O4S/c1-13(26-27-22(29)15-7-10-17(23(30)31)19(25)11-15)18-12-32-21(20(18)28)14-5-8-16(9-6-14)24(2,3)4/h5-12,28H,1-4H3,(H,27,29)(H,30,31)/b26-13-. The molecule has 0 aliphatic carbocycles. The van der Waals surface area contributed by atoms with Gasteiger partial charge in [-0.15, -0.1) is 11.3 Å². The van der Waals surface area contributed by atoms with E-state index in [0.717, 1.165) is 17.7 Å². The highest BCUT2D eigenvalue weighted by molar-refractivity contribution is 7.14. The first kappa shape index (κ1) is 23.1. The Kier molecular flexibility index (Phi) is 6.45. The number of thiophene rings is 1. The van der Waals surface area contributed by atoms with Gasteiger partial charge in [-0.1, -0.05) is 45.0 Å². The van der Waals surface area contributed by atoms with E-state index in [1.807, 2.05) is 24.3 Å². The number of amides is 1. The van der Waals surface area contributed by atoms with Crippen molar-refractivity contribution in [2.45, 2.75) is 33.1 Å². The quantitative estimate of drug-likeness (QED) is 0.355. The molecular formula is C24H23FN2O4S. The Bertz CT molecular complexity index is 1210. The van der Waals surface area contributed by atoms with Crippen molar-refractivity contribution in [1.82, 2.24) is 5.43 Å². The largest absolute Gasteiger partial charge is 0.506 e. The lowest BCUT2D eigenvalue weighted by atomic mass is 9.86. The number of nitrogens with zero attached hydrogens (tertiary/aromatic N) is 1. The van der Waals surface area contributed by atoms with Gasteiger partial charge in [0, 0.05) is 10.9 Å². The molecule has 0 bridgehead atoms. The maximum atomic E-state index is 13.8. The highest BCUT2D eigenvalue weighted by Crippen LogP contribution is 2.39. The first-order valence-corrected chi connectivity index (χ1v) is 10.7. The number of rotatable bonds is 5. The van der Waals surface area contributed by atoms with Gasteiger partial charge in [-0.05, 0) is 41.7 Å². The van der Waals surface area contributed by atoms with Crippen LogP contribution in [-0.4, -0.2) is 27.8 Å². The number of nitrogens with one attached hydrogen (secondary N) is 1. The summed E-state index contributed by atoms with van der Waals surface area (Å²) in [5, 5.41) is 25.3. The van der Waals surface area contributed by atoms with Gasteiger partial charge in [0.2, 0.25) is 0 Å². The lowest BCUT2D eigenvalue weighted by molar-refractivity contribution is 0.0691. The van der Waals surface area contributed by atoms with Crippen molar-refractivity contribution in [2.24, 2.45) is 5.10 Å². The van der Waals surface area contributed by atoms with E-state index < -0.39 is 23.3 Å². The first-order chi connectivity index (χ1) is 15.0. The van der Waals surface area contributed by atoms with Gasteiger partial charge in [-0.25, -0.2) is 14.6 Å². The normalized spacial score (nSPS) is 12.0. The zero-order chi connectivity index (χ0) is 23.6. The van der Waals surface area contributed by atoms with Crippen molar-refractivity contribution < 1.29 is 24.2 Å². The molecule has 1 heterocycles. The van der Waals surface area contributed by atoms with Crippen LogP contribution in [0.1, 0.15) is 59.5 Å². The number of halogens is 1. The molecule has 0 saturated carbocycles. The average Bonchev–Trinajstić information content (AvgIpc) is 3.12. The first-order valence-electron chi connectivity index (χ1n) is 9.78. The summed E-state index contributed by atoms with van der Waals surface area (Å²) in [4.78, 5) is 23.8. The second kappa shape index (κ2) is 8.92. The van der Waals surface area contributed by atoms with Crippen LogP contribution in [0.15, 0.2) is 52.9 Å². The van der Waals surface area contributed by atoms with Crippen LogP contribution in [0, 0.1) is 5.82 Å². The second-order valence-electron chi connectivity index (χ2n) is 8.29. The van der Waals surface area contributed by atoms with Gasteiger partial charge in [-0.2, -0.15) is 5.10 Å². The monoisotopic (exact) mass is 454 g/mol. The Morgan fingerprint density at radius 2 is 1.72 bits per heavy atom. The third kappa shape index (κ3) is 4.86. The summed E-state index contributed by atoms with van der Waals surface area (Å²) >= 11 is 1.36. The van der Waals surface area contributed by atoms with Gasteiger partial charge in [0.1, 0.15) is 11.6 Å². The van der Waals surface area contributed by atoms with Crippen molar-refractivity contribution in [3.63, 3.8) is 0 Å². The Morgan fingerprint density at radius 3 is 2.28 bits per heavy atom. The number of carboxylic acids is 1. The van der Waals surface area contributed by atoms with Crippen molar-refractivity contribution in [3.05, 3.63) is 75.9 Å². The van der Waals surface area contributed by atoms with Crippen LogP contribution in [0.4, 0.5) is 4.39 Å². The number of hydrazone groups is 1. The number of hydrogen-bond donors (Lipinski definition) is 3. The topological polar surface area (TPSA) is 99.0 Å². The molecule has 0 atom stereocenters. The molecule has 2 aromatic carbocycles. The van der Waals surface area contributed by atoms with Crippen LogP contribution < -0.4 is 5.43 Å². The van der Waals surface area contributed by atoms with Crippen LogP contribution >= 0.6 is 11.3 Å². The van der Waals surface area contributed by atoms with Gasteiger partial charge in [0.15, 0.2) is 0 Å². The molecule has 166 valence electrons. The zero-order valence-electron chi connectivity index (χ0n) is 18.1. The number of benzene rings is 2. The van der Waals surface area contributed by atoms with E-state index in [1.54, 1.807) is 12.3 Å². The zero-order valence-corrected chi connectivity index (χ0v) is 18.9. The van der Waals surface area contributed by atoms with Crippen LogP contribution in [-0.2, 0) is 5.41 Å². The summed E-state index contributed by atoms with van der Waals surface area (Å²) in [6.07, 6.45) is 0. The third-order valence-electron chi connectivity index (χ3n) is 4.95. The molecule has 3 rings (SSSR count). The molecular weight excluding hydrogens is 431 g/mol. The smallest absolute Gasteiger partial charge is 0.338 e. The van der Waals surface area contributed by atoms with E-state index in [2.05, 4.69) is 31.3 Å². The number of carbonyl (C=O) groups excluding carboxylic acids is 1. The summed E-state index contributed by atoms with van der Waals surface area (Å²) in [5.74, 6) is -3.07. The number of aromatic hydroxyl groups is 1. The summed E-state index contributed by atoms with van der Waals surface area (Å²) in [5.41, 5.74) is 4.63. The predicted octanol–water partition coefficient (Wildman–Crippen LogP) is 5.41. The molecule has 0 saturated heterocycles. The van der Waals surface area contributed by atoms with Crippen molar-refractivity contribution in [2.75, 3.05) is 0 Å². The average molecular weight is 455 g/mol. The number of hydrogen-bond acceptors (Lipinski definition) is 5. The van der Waals surface area contributed by atoms with Gasteiger partial charge in [-0.3, -0.25) is 4.79 Å². The fraction of sp³-hybridized carbons (Fsp3) is 0.208. The van der Waals surface area contributed by atoms with E-state index in [9.17, 15) is 19.1 Å². The van der Waals surface area contributed by atoms with E-state index in [4.69, 9.17) is 5.11 Å². The van der Waals surface area contributed by atoms with Gasteiger partial charge < -0.3 is 10.2 Å². The molecule has 0 fully saturated rings. The molecule has 32 heavy (non-hydrogen) atoms. The van der Waals surface area contributed by atoms with E-state index in [0.29, 0.717) is 16.2 Å². The fourth-order valence-electron chi connectivity index (χ4n) is 3.02. The number of carboxylic acid groups (broad SMARTS) is 1. The van der Waals surface area contributed by atoms with Crippen molar-refractivity contribution >= 4 is 28.9 Å². The molecule has 8 heteroatoms. The predicted molar refractivity (Wildman–Crippen MR) is 123 cm³/mol. The minimum atomic E-state index is -1.42. The van der Waals surface area contributed by atoms with Crippen LogP contribution in [0.3, 0.4) is 0 Å². The Balaban J connectivity index is 1.78. The molecule has 1 amide bonds. The SMILES string of the molecule is C/C(=N/NC(=O)c1ccc(C(=O)O)c(F)c1)c1csc(-c2ccc(C(C)(C)C)cc2)c1O. The lowest BCUT2D eigenvalue weighted by Gasteiger charge is -2.19. The highest BCUT2D eigenvalue weighted by Gasteiger charge is 2.18. The molecule has 6 nitrogen and oxygen atoms in total. The van der Waals surface area contributed by atoms with Gasteiger partial charge in [0.05, 0.1) is 21.7 Å². The van der Waals surface area contributed by atoms with Gasteiger partial charge >= 0.3 is 5.97 Å². The highest BCUT2D eigenvalue weighted by atomic mass is 32.1. The Labute approximate surface area is 189 Å². The number of aromatic carboxylic acids is 1. The molecule has 0 aliphatic rings. The third-order valence-corrected chi connectivity index (χ3v) is 5.97. The van der Waals surface area contributed by atoms with E-state index >= 15 is 0 Å². The molecule has 0 aliphatic heterocycles. The summed E-state index contributed by atoms with van der Waals surface area (Å²) in [7, 11) is 0. The maximum Gasteiger partial charge on any atom is 0.338 e. The molecule has 0 spiro atoms. The summed E-state index contributed by atoms with van der Waals surface area (Å²) in [6.45, 7) is 8.02. The fourth-order valence-corrected chi connectivity index (χ4v) is 4.04. The molecule has 3 N–H and O–H groups in total. The van der Waals surface area contributed by atoms with Crippen LogP contribution in [0.5, 0.6) is 5.75 Å². The molecule has 0 unspecified atom stereocenters.